The third-order valence-corrected chi connectivity index (χ3v) is 3.91. The number of piperidine rings is 1. The van der Waals surface area contributed by atoms with E-state index in [-0.39, 0.29) is 11.9 Å². The van der Waals surface area contributed by atoms with Gasteiger partial charge in [-0.2, -0.15) is 0 Å². The molecule has 2 N–H and O–H groups in total. The molecule has 0 bridgehead atoms. The fourth-order valence-corrected chi connectivity index (χ4v) is 2.45. The fourth-order valence-electron chi connectivity index (χ4n) is 2.45. The van der Waals surface area contributed by atoms with E-state index in [2.05, 4.69) is 29.5 Å². The molecule has 19 heavy (non-hydrogen) atoms. The van der Waals surface area contributed by atoms with Gasteiger partial charge in [0.1, 0.15) is 0 Å². The van der Waals surface area contributed by atoms with Crippen LogP contribution in [0.4, 0.5) is 0 Å². The molecule has 1 aliphatic rings. The first-order valence-electron chi connectivity index (χ1n) is 7.27. The summed E-state index contributed by atoms with van der Waals surface area (Å²) in [5.74, 6) is 0.0858. The summed E-state index contributed by atoms with van der Waals surface area (Å²) in [6.45, 7) is 6.65. The van der Waals surface area contributed by atoms with Crippen LogP contribution in [0.5, 0.6) is 0 Å². The van der Waals surface area contributed by atoms with Gasteiger partial charge >= 0.3 is 0 Å². The van der Waals surface area contributed by atoms with E-state index in [9.17, 15) is 4.79 Å². The zero-order chi connectivity index (χ0) is 14.3. The maximum absolute atomic E-state index is 11.9. The Morgan fingerprint density at radius 3 is 2.89 bits per heavy atom. The third-order valence-electron chi connectivity index (χ3n) is 3.91. The number of nitrogens with one attached hydrogen (secondary N) is 2. The van der Waals surface area contributed by atoms with E-state index >= 15 is 0 Å². The summed E-state index contributed by atoms with van der Waals surface area (Å²) >= 11 is 0. The molecule has 1 rings (SSSR count). The molecule has 1 aliphatic heterocycles. The molecule has 0 aromatic carbocycles. The number of rotatable bonds is 7. The number of carbonyl (C=O) groups excluding carboxylic acids is 1. The number of ether oxygens (including phenoxy) is 1. The molecule has 0 spiro atoms. The van der Waals surface area contributed by atoms with E-state index in [1.807, 2.05) is 6.92 Å². The Balaban J connectivity index is 2.22. The molecule has 1 fully saturated rings. The topological polar surface area (TPSA) is 53.6 Å². The van der Waals surface area contributed by atoms with E-state index in [0.29, 0.717) is 25.2 Å². The first-order valence-corrected chi connectivity index (χ1v) is 7.27. The highest BCUT2D eigenvalue weighted by atomic mass is 16.5. The number of likely N-dealkylation sites (tertiary alicyclic amines) is 1. The van der Waals surface area contributed by atoms with Crippen LogP contribution in [0.15, 0.2) is 0 Å². The highest BCUT2D eigenvalue weighted by molar-refractivity contribution is 5.81. The number of nitrogens with zero attached hydrogens (tertiary/aromatic N) is 1. The average Bonchev–Trinajstić information content (AvgIpc) is 2.38. The summed E-state index contributed by atoms with van der Waals surface area (Å²) in [4.78, 5) is 14.3. The number of hydrogen-bond acceptors (Lipinski definition) is 4. The highest BCUT2D eigenvalue weighted by Gasteiger charge is 2.25. The zero-order valence-corrected chi connectivity index (χ0v) is 12.7. The summed E-state index contributed by atoms with van der Waals surface area (Å²) in [5, 5.41) is 6.38. The van der Waals surface area contributed by atoms with E-state index in [0.717, 1.165) is 25.8 Å². The molecule has 0 aliphatic carbocycles. The second kappa shape index (κ2) is 8.51. The van der Waals surface area contributed by atoms with Crippen molar-refractivity contribution in [2.75, 3.05) is 33.9 Å². The molecule has 5 nitrogen and oxygen atoms in total. The lowest BCUT2D eigenvalue weighted by Gasteiger charge is -2.36. The molecular weight excluding hydrogens is 242 g/mol. The van der Waals surface area contributed by atoms with Crippen LogP contribution < -0.4 is 10.6 Å². The van der Waals surface area contributed by atoms with Crippen molar-refractivity contribution in [3.05, 3.63) is 0 Å². The lowest BCUT2D eigenvalue weighted by molar-refractivity contribution is -0.123. The van der Waals surface area contributed by atoms with Crippen LogP contribution in [0.3, 0.4) is 0 Å². The second-order valence-corrected chi connectivity index (χ2v) is 5.58. The Hall–Kier alpha value is -0.650. The Morgan fingerprint density at radius 1 is 1.53 bits per heavy atom. The minimum Gasteiger partial charge on any atom is -0.385 e. The molecular formula is C14H29N3O2. The summed E-state index contributed by atoms with van der Waals surface area (Å²) in [5.41, 5.74) is 0. The molecule has 3 atom stereocenters. The van der Waals surface area contributed by atoms with Gasteiger partial charge in [-0.3, -0.25) is 4.79 Å². The molecule has 1 heterocycles. The summed E-state index contributed by atoms with van der Waals surface area (Å²) in [7, 11) is 3.83. The molecule has 5 heteroatoms. The zero-order valence-electron chi connectivity index (χ0n) is 12.7. The van der Waals surface area contributed by atoms with Crippen molar-refractivity contribution < 1.29 is 9.53 Å². The van der Waals surface area contributed by atoms with Crippen LogP contribution in [-0.2, 0) is 9.53 Å². The van der Waals surface area contributed by atoms with Crippen molar-refractivity contribution in [2.24, 2.45) is 0 Å². The van der Waals surface area contributed by atoms with Gasteiger partial charge in [0.2, 0.25) is 5.91 Å². The van der Waals surface area contributed by atoms with Crippen LogP contribution in [0.2, 0.25) is 0 Å². The predicted molar refractivity (Wildman–Crippen MR) is 77.2 cm³/mol. The van der Waals surface area contributed by atoms with E-state index < -0.39 is 0 Å². The van der Waals surface area contributed by atoms with E-state index in [1.54, 1.807) is 7.11 Å². The molecule has 0 radical (unpaired) electrons. The van der Waals surface area contributed by atoms with Crippen LogP contribution in [-0.4, -0.2) is 62.8 Å². The SMILES string of the molecule is COCCCNC(=O)C(C)NC1CCN(C)C(C)C1. The lowest BCUT2D eigenvalue weighted by Crippen LogP contribution is -2.52. The van der Waals surface area contributed by atoms with Gasteiger partial charge in [0, 0.05) is 32.3 Å². The molecule has 112 valence electrons. The second-order valence-electron chi connectivity index (χ2n) is 5.58. The fraction of sp³-hybridized carbons (Fsp3) is 0.929. The largest absolute Gasteiger partial charge is 0.385 e. The quantitative estimate of drug-likeness (QED) is 0.666. The minimum absolute atomic E-state index is 0.0858. The first-order chi connectivity index (χ1) is 9.04. The first kappa shape index (κ1) is 16.4. The Morgan fingerprint density at radius 2 is 2.26 bits per heavy atom. The minimum atomic E-state index is -0.122. The summed E-state index contributed by atoms with van der Waals surface area (Å²) in [6, 6.07) is 0.914. The van der Waals surface area contributed by atoms with E-state index in [4.69, 9.17) is 4.74 Å². The number of hydrogen-bond donors (Lipinski definition) is 2. The van der Waals surface area contributed by atoms with Crippen molar-refractivity contribution in [1.82, 2.24) is 15.5 Å². The summed E-state index contributed by atoms with van der Waals surface area (Å²) < 4.78 is 4.96. The standard InChI is InChI=1S/C14H29N3O2/c1-11-10-13(6-8-17(11)3)16-12(2)14(18)15-7-5-9-19-4/h11-13,16H,5-10H2,1-4H3,(H,15,18). The van der Waals surface area contributed by atoms with Gasteiger partial charge in [0.15, 0.2) is 0 Å². The van der Waals surface area contributed by atoms with Gasteiger partial charge in [0.25, 0.3) is 0 Å². The van der Waals surface area contributed by atoms with Gasteiger partial charge < -0.3 is 20.3 Å². The number of amides is 1. The van der Waals surface area contributed by atoms with Crippen molar-refractivity contribution in [3.8, 4) is 0 Å². The van der Waals surface area contributed by atoms with Gasteiger partial charge in [0.05, 0.1) is 6.04 Å². The van der Waals surface area contributed by atoms with Crippen molar-refractivity contribution in [2.45, 2.75) is 51.2 Å². The molecule has 0 aromatic heterocycles. The molecule has 0 aromatic rings. The van der Waals surface area contributed by atoms with Gasteiger partial charge in [-0.1, -0.05) is 0 Å². The maximum Gasteiger partial charge on any atom is 0.236 e. The summed E-state index contributed by atoms with van der Waals surface area (Å²) in [6.07, 6.45) is 3.08. The number of methoxy groups -OCH3 is 1. The smallest absolute Gasteiger partial charge is 0.236 e. The molecule has 0 saturated carbocycles. The van der Waals surface area contributed by atoms with Crippen LogP contribution >= 0.6 is 0 Å². The average molecular weight is 271 g/mol. The van der Waals surface area contributed by atoms with Crippen molar-refractivity contribution in [3.63, 3.8) is 0 Å². The Labute approximate surface area is 117 Å². The van der Waals surface area contributed by atoms with Crippen molar-refractivity contribution in [1.29, 1.82) is 0 Å². The Bertz CT molecular complexity index is 273. The monoisotopic (exact) mass is 271 g/mol. The Kier molecular flexibility index (Phi) is 7.34. The highest BCUT2D eigenvalue weighted by Crippen LogP contribution is 2.15. The molecule has 3 unspecified atom stereocenters. The number of carbonyl (C=O) groups is 1. The maximum atomic E-state index is 11.9. The van der Waals surface area contributed by atoms with Crippen LogP contribution in [0.1, 0.15) is 33.1 Å². The van der Waals surface area contributed by atoms with E-state index in [1.165, 1.54) is 0 Å². The predicted octanol–water partition coefficient (Wildman–Crippen LogP) is 0.600. The third kappa shape index (κ3) is 5.89. The normalized spacial score (nSPS) is 26.1. The van der Waals surface area contributed by atoms with Crippen molar-refractivity contribution >= 4 is 5.91 Å². The van der Waals surface area contributed by atoms with Gasteiger partial charge in [-0.05, 0) is 46.7 Å². The van der Waals surface area contributed by atoms with Gasteiger partial charge in [-0.25, -0.2) is 0 Å². The lowest BCUT2D eigenvalue weighted by atomic mass is 9.98. The van der Waals surface area contributed by atoms with Gasteiger partial charge in [-0.15, -0.1) is 0 Å². The molecule has 1 amide bonds. The van der Waals surface area contributed by atoms with Crippen LogP contribution in [0.25, 0.3) is 0 Å². The molecule has 1 saturated heterocycles. The van der Waals surface area contributed by atoms with Crippen LogP contribution in [0, 0.1) is 0 Å².